The van der Waals surface area contributed by atoms with Crippen LogP contribution < -0.4 is 14.8 Å². The minimum atomic E-state index is -0.400. The number of aryl methyl sites for hydroxylation is 1. The molecule has 0 amide bonds. The Morgan fingerprint density at radius 3 is 1.97 bits per heavy atom. The molecule has 0 unspecified atom stereocenters. The molecule has 0 saturated heterocycles. The highest BCUT2D eigenvalue weighted by Gasteiger charge is 2.18. The average molecular weight is 478 g/mol. The molecule has 0 aromatic heterocycles. The number of hydrogen-bond donors (Lipinski definition) is 2. The molecule has 2 N–H and O–H groups in total. The molecular formula is C29H35NO5. The number of ether oxygens (including phenoxy) is 3. The molecule has 0 saturated carbocycles. The quantitative estimate of drug-likeness (QED) is 0.265. The van der Waals surface area contributed by atoms with Crippen molar-refractivity contribution in [3.05, 3.63) is 95.1 Å². The van der Waals surface area contributed by atoms with Crippen molar-refractivity contribution in [1.82, 2.24) is 5.32 Å². The Kier molecular flexibility index (Phi) is 9.70. The van der Waals surface area contributed by atoms with Crippen LogP contribution in [0, 0.1) is 6.92 Å². The number of aliphatic hydroxyl groups excluding tert-OH is 1. The normalized spacial score (nSPS) is 11.2. The fraction of sp³-hybridized carbons (Fsp3) is 0.345. The van der Waals surface area contributed by atoms with Gasteiger partial charge in [0.2, 0.25) is 0 Å². The third-order valence-corrected chi connectivity index (χ3v) is 5.54. The Hall–Kier alpha value is -3.35. The van der Waals surface area contributed by atoms with Crippen LogP contribution in [0.15, 0.2) is 72.8 Å². The molecule has 0 fully saturated rings. The summed E-state index contributed by atoms with van der Waals surface area (Å²) in [7, 11) is 0. The topological polar surface area (TPSA) is 77.0 Å². The Bertz CT molecular complexity index is 1070. The first kappa shape index (κ1) is 26.3. The number of benzene rings is 3. The van der Waals surface area contributed by atoms with Gasteiger partial charge in [0.15, 0.2) is 11.5 Å². The highest BCUT2D eigenvalue weighted by molar-refractivity contribution is 5.92. The number of rotatable bonds is 13. The van der Waals surface area contributed by atoms with Gasteiger partial charge in [0, 0.05) is 5.54 Å². The predicted octanol–water partition coefficient (Wildman–Crippen LogP) is 5.06. The molecule has 3 aromatic rings. The van der Waals surface area contributed by atoms with Gasteiger partial charge in [-0.15, -0.1) is 0 Å². The molecule has 186 valence electrons. The summed E-state index contributed by atoms with van der Waals surface area (Å²) in [5.74, 6) is 0.672. The summed E-state index contributed by atoms with van der Waals surface area (Å²) < 4.78 is 17.7. The fourth-order valence-electron chi connectivity index (χ4n) is 3.38. The van der Waals surface area contributed by atoms with E-state index in [-0.39, 0.29) is 18.8 Å². The van der Waals surface area contributed by atoms with E-state index in [1.54, 1.807) is 6.07 Å². The lowest BCUT2D eigenvalue weighted by molar-refractivity contribution is 0.0495. The number of carbonyl (C=O) groups excluding carboxylic acids is 1. The predicted molar refractivity (Wildman–Crippen MR) is 137 cm³/mol. The van der Waals surface area contributed by atoms with Crippen LogP contribution >= 0.6 is 0 Å². The molecule has 0 radical (unpaired) electrons. The second-order valence-electron chi connectivity index (χ2n) is 9.12. The SMILES string of the molecule is Cc1cc(OCc2ccccc2)c(OCc2ccccc2)cc1C(=O)OCCCNC(C)(C)CO. The molecule has 0 aliphatic carbocycles. The van der Waals surface area contributed by atoms with Crippen molar-refractivity contribution in [3.63, 3.8) is 0 Å². The van der Waals surface area contributed by atoms with Crippen molar-refractivity contribution >= 4 is 5.97 Å². The monoisotopic (exact) mass is 477 g/mol. The zero-order valence-electron chi connectivity index (χ0n) is 20.8. The van der Waals surface area contributed by atoms with E-state index in [4.69, 9.17) is 14.2 Å². The van der Waals surface area contributed by atoms with Gasteiger partial charge >= 0.3 is 5.97 Å². The lowest BCUT2D eigenvalue weighted by Gasteiger charge is -2.23. The van der Waals surface area contributed by atoms with Crippen LogP contribution in [0.3, 0.4) is 0 Å². The van der Waals surface area contributed by atoms with Gasteiger partial charge in [-0.3, -0.25) is 0 Å². The van der Waals surface area contributed by atoms with E-state index in [0.717, 1.165) is 16.7 Å². The maximum atomic E-state index is 12.8. The van der Waals surface area contributed by atoms with Crippen LogP contribution in [-0.4, -0.2) is 36.4 Å². The maximum absolute atomic E-state index is 12.8. The van der Waals surface area contributed by atoms with Gasteiger partial charge in [-0.25, -0.2) is 4.79 Å². The van der Waals surface area contributed by atoms with Crippen LogP contribution in [0.25, 0.3) is 0 Å². The summed E-state index contributed by atoms with van der Waals surface area (Å²) in [6.45, 7) is 7.39. The molecule has 0 bridgehead atoms. The van der Waals surface area contributed by atoms with Gasteiger partial charge in [0.05, 0.1) is 18.8 Å². The standard InChI is InChI=1S/C29H35NO5/c1-22-17-26(34-19-23-11-6-4-7-12-23)27(35-20-24-13-8-5-9-14-24)18-25(22)28(32)33-16-10-15-30-29(2,3)21-31/h4-9,11-14,17-18,30-31H,10,15-16,19-21H2,1-3H3. The van der Waals surface area contributed by atoms with Crippen LogP contribution in [0.5, 0.6) is 11.5 Å². The zero-order chi connectivity index (χ0) is 25.1. The van der Waals surface area contributed by atoms with Gasteiger partial charge in [0.25, 0.3) is 0 Å². The van der Waals surface area contributed by atoms with Crippen molar-refractivity contribution in [2.24, 2.45) is 0 Å². The summed E-state index contributed by atoms with van der Waals surface area (Å²) >= 11 is 0. The smallest absolute Gasteiger partial charge is 0.338 e. The van der Waals surface area contributed by atoms with Crippen LogP contribution in [0.4, 0.5) is 0 Å². The molecule has 0 heterocycles. The Morgan fingerprint density at radius 2 is 1.43 bits per heavy atom. The lowest BCUT2D eigenvalue weighted by Crippen LogP contribution is -2.43. The Morgan fingerprint density at radius 1 is 0.886 bits per heavy atom. The minimum Gasteiger partial charge on any atom is -0.485 e. The Balaban J connectivity index is 1.69. The number of hydrogen-bond acceptors (Lipinski definition) is 6. The molecule has 0 aliphatic heterocycles. The molecule has 3 rings (SSSR count). The number of aliphatic hydroxyl groups is 1. The summed E-state index contributed by atoms with van der Waals surface area (Å²) in [4.78, 5) is 12.8. The van der Waals surface area contributed by atoms with Crippen LogP contribution in [0.2, 0.25) is 0 Å². The number of nitrogens with one attached hydrogen (secondary N) is 1. The summed E-state index contributed by atoms with van der Waals surface area (Å²) in [5.41, 5.74) is 2.90. The molecule has 3 aromatic carbocycles. The van der Waals surface area contributed by atoms with Gasteiger partial charge in [-0.05, 0) is 62.6 Å². The molecule has 0 atom stereocenters. The van der Waals surface area contributed by atoms with E-state index in [1.165, 1.54) is 0 Å². The van der Waals surface area contributed by atoms with Crippen LogP contribution in [-0.2, 0) is 18.0 Å². The maximum Gasteiger partial charge on any atom is 0.338 e. The van der Waals surface area contributed by atoms with E-state index < -0.39 is 5.97 Å². The van der Waals surface area contributed by atoms with E-state index >= 15 is 0 Å². The summed E-state index contributed by atoms with van der Waals surface area (Å²) in [6, 6.07) is 23.3. The highest BCUT2D eigenvalue weighted by Crippen LogP contribution is 2.33. The molecule has 6 heteroatoms. The van der Waals surface area contributed by atoms with Gasteiger partial charge < -0.3 is 24.6 Å². The van der Waals surface area contributed by atoms with Gasteiger partial charge in [0.1, 0.15) is 13.2 Å². The summed E-state index contributed by atoms with van der Waals surface area (Å²) in [5, 5.41) is 12.5. The van der Waals surface area contributed by atoms with Crippen molar-refractivity contribution in [2.45, 2.75) is 45.9 Å². The molecular weight excluding hydrogens is 442 g/mol. The van der Waals surface area contributed by atoms with Crippen molar-refractivity contribution in [2.75, 3.05) is 19.8 Å². The first-order chi connectivity index (χ1) is 16.9. The van der Waals surface area contributed by atoms with E-state index in [9.17, 15) is 9.90 Å². The van der Waals surface area contributed by atoms with Crippen molar-refractivity contribution < 1.29 is 24.1 Å². The minimum absolute atomic E-state index is 0.0381. The largest absolute Gasteiger partial charge is 0.485 e. The van der Waals surface area contributed by atoms with E-state index in [1.807, 2.05) is 87.5 Å². The van der Waals surface area contributed by atoms with Crippen LogP contribution in [0.1, 0.15) is 47.3 Å². The Labute approximate surface area is 207 Å². The van der Waals surface area contributed by atoms with E-state index in [2.05, 4.69) is 5.32 Å². The first-order valence-corrected chi connectivity index (χ1v) is 11.9. The molecule has 0 spiro atoms. The zero-order valence-corrected chi connectivity index (χ0v) is 20.8. The van der Waals surface area contributed by atoms with Crippen molar-refractivity contribution in [1.29, 1.82) is 0 Å². The average Bonchev–Trinajstić information content (AvgIpc) is 2.87. The summed E-state index contributed by atoms with van der Waals surface area (Å²) in [6.07, 6.45) is 0.643. The highest BCUT2D eigenvalue weighted by atomic mass is 16.5. The van der Waals surface area contributed by atoms with Gasteiger partial charge in [-0.1, -0.05) is 60.7 Å². The lowest BCUT2D eigenvalue weighted by atomic mass is 10.1. The first-order valence-electron chi connectivity index (χ1n) is 11.9. The van der Waals surface area contributed by atoms with Gasteiger partial charge in [-0.2, -0.15) is 0 Å². The second-order valence-corrected chi connectivity index (χ2v) is 9.12. The molecule has 35 heavy (non-hydrogen) atoms. The fourth-order valence-corrected chi connectivity index (χ4v) is 3.38. The number of esters is 1. The van der Waals surface area contributed by atoms with Crippen molar-refractivity contribution in [3.8, 4) is 11.5 Å². The molecule has 6 nitrogen and oxygen atoms in total. The second kappa shape index (κ2) is 12.9. The third kappa shape index (κ3) is 8.42. The van der Waals surface area contributed by atoms with E-state index in [0.29, 0.717) is 43.2 Å². The molecule has 0 aliphatic rings. The number of carbonyl (C=O) groups is 1. The third-order valence-electron chi connectivity index (χ3n) is 5.54.